The SMILES string of the molecule is C/C(CC(=O)Nc1ccc(Cl)cc1C)=N/NC(=O)c1ccncc1. The molecule has 0 unspecified atom stereocenters. The van der Waals surface area contributed by atoms with Crippen molar-refractivity contribution in [2.45, 2.75) is 20.3 Å². The van der Waals surface area contributed by atoms with Crippen LogP contribution in [0.2, 0.25) is 5.02 Å². The molecular formula is C17H17ClN4O2. The van der Waals surface area contributed by atoms with Gasteiger partial charge in [0.05, 0.1) is 6.42 Å². The second-order valence-electron chi connectivity index (χ2n) is 5.21. The highest BCUT2D eigenvalue weighted by molar-refractivity contribution is 6.30. The number of nitrogens with one attached hydrogen (secondary N) is 2. The number of rotatable bonds is 5. The van der Waals surface area contributed by atoms with Crippen molar-refractivity contribution >= 4 is 34.8 Å². The molecule has 0 spiro atoms. The van der Waals surface area contributed by atoms with Crippen LogP contribution in [0.5, 0.6) is 0 Å². The molecule has 1 aromatic heterocycles. The summed E-state index contributed by atoms with van der Waals surface area (Å²) >= 11 is 5.88. The fourth-order valence-electron chi connectivity index (χ4n) is 1.95. The summed E-state index contributed by atoms with van der Waals surface area (Å²) in [5, 5.41) is 7.33. The predicted molar refractivity (Wildman–Crippen MR) is 94.2 cm³/mol. The van der Waals surface area contributed by atoms with E-state index in [9.17, 15) is 9.59 Å². The van der Waals surface area contributed by atoms with Gasteiger partial charge in [0.15, 0.2) is 0 Å². The summed E-state index contributed by atoms with van der Waals surface area (Å²) in [7, 11) is 0. The number of hydrogen-bond donors (Lipinski definition) is 2. The van der Waals surface area contributed by atoms with Crippen molar-refractivity contribution in [2.24, 2.45) is 5.10 Å². The lowest BCUT2D eigenvalue weighted by Gasteiger charge is -2.08. The van der Waals surface area contributed by atoms with E-state index in [0.717, 1.165) is 5.56 Å². The second kappa shape index (κ2) is 8.21. The lowest BCUT2D eigenvalue weighted by molar-refractivity contribution is -0.115. The normalized spacial score (nSPS) is 11.0. The van der Waals surface area contributed by atoms with Gasteiger partial charge in [0.1, 0.15) is 0 Å². The van der Waals surface area contributed by atoms with E-state index >= 15 is 0 Å². The molecule has 2 N–H and O–H groups in total. The van der Waals surface area contributed by atoms with Gasteiger partial charge in [-0.15, -0.1) is 0 Å². The summed E-state index contributed by atoms with van der Waals surface area (Å²) in [6.07, 6.45) is 3.11. The van der Waals surface area contributed by atoms with Gasteiger partial charge in [0, 0.05) is 34.4 Å². The molecule has 0 aliphatic heterocycles. The number of aryl methyl sites for hydroxylation is 1. The number of pyridine rings is 1. The number of carbonyl (C=O) groups excluding carboxylic acids is 2. The van der Waals surface area contributed by atoms with Crippen LogP contribution in [0.25, 0.3) is 0 Å². The van der Waals surface area contributed by atoms with Crippen molar-refractivity contribution in [3.05, 3.63) is 58.9 Å². The van der Waals surface area contributed by atoms with Crippen LogP contribution in [0, 0.1) is 6.92 Å². The summed E-state index contributed by atoms with van der Waals surface area (Å²) < 4.78 is 0. The molecule has 2 aromatic rings. The fraction of sp³-hybridized carbons (Fsp3) is 0.176. The van der Waals surface area contributed by atoms with Gasteiger partial charge >= 0.3 is 0 Å². The Morgan fingerprint density at radius 1 is 1.21 bits per heavy atom. The van der Waals surface area contributed by atoms with Gasteiger partial charge in [-0.3, -0.25) is 14.6 Å². The molecule has 1 heterocycles. The molecule has 0 bridgehead atoms. The van der Waals surface area contributed by atoms with Gasteiger partial charge in [0.25, 0.3) is 5.91 Å². The van der Waals surface area contributed by atoms with E-state index in [1.54, 1.807) is 37.3 Å². The van der Waals surface area contributed by atoms with Gasteiger partial charge in [-0.05, 0) is 49.7 Å². The highest BCUT2D eigenvalue weighted by atomic mass is 35.5. The van der Waals surface area contributed by atoms with Crippen LogP contribution in [-0.2, 0) is 4.79 Å². The minimum Gasteiger partial charge on any atom is -0.326 e. The second-order valence-corrected chi connectivity index (χ2v) is 5.64. The van der Waals surface area contributed by atoms with Crippen LogP contribution < -0.4 is 10.7 Å². The third-order valence-corrected chi connectivity index (χ3v) is 3.40. The van der Waals surface area contributed by atoms with Gasteiger partial charge in [0.2, 0.25) is 5.91 Å². The Kier molecular flexibility index (Phi) is 6.03. The zero-order valence-electron chi connectivity index (χ0n) is 13.3. The Morgan fingerprint density at radius 2 is 1.92 bits per heavy atom. The molecule has 0 saturated carbocycles. The standard InChI is InChI=1S/C17H17ClN4O2/c1-11-9-14(18)3-4-15(11)20-16(23)10-12(2)21-22-17(24)13-5-7-19-8-6-13/h3-9H,10H2,1-2H3,(H,20,23)(H,22,24)/b21-12-. The largest absolute Gasteiger partial charge is 0.326 e. The molecule has 0 radical (unpaired) electrons. The molecule has 2 amide bonds. The number of hydrogen-bond acceptors (Lipinski definition) is 4. The van der Waals surface area contributed by atoms with Gasteiger partial charge in [-0.2, -0.15) is 5.10 Å². The summed E-state index contributed by atoms with van der Waals surface area (Å²) in [6, 6.07) is 8.38. The van der Waals surface area contributed by atoms with Gasteiger partial charge in [-0.1, -0.05) is 11.6 Å². The van der Waals surface area contributed by atoms with Crippen molar-refractivity contribution in [3.63, 3.8) is 0 Å². The number of hydrazone groups is 1. The molecule has 0 aliphatic rings. The Morgan fingerprint density at radius 3 is 2.58 bits per heavy atom. The Balaban J connectivity index is 1.90. The highest BCUT2D eigenvalue weighted by Crippen LogP contribution is 2.19. The lowest BCUT2D eigenvalue weighted by Crippen LogP contribution is -2.21. The van der Waals surface area contributed by atoms with Crippen molar-refractivity contribution in [1.82, 2.24) is 10.4 Å². The molecule has 0 atom stereocenters. The first kappa shape index (κ1) is 17.6. The number of nitrogens with zero attached hydrogens (tertiary/aromatic N) is 2. The third-order valence-electron chi connectivity index (χ3n) is 3.17. The number of benzene rings is 1. The van der Waals surface area contributed by atoms with Crippen molar-refractivity contribution in [3.8, 4) is 0 Å². The fourth-order valence-corrected chi connectivity index (χ4v) is 2.17. The number of halogens is 1. The maximum Gasteiger partial charge on any atom is 0.271 e. The monoisotopic (exact) mass is 344 g/mol. The van der Waals surface area contributed by atoms with Crippen LogP contribution in [0.1, 0.15) is 29.3 Å². The zero-order chi connectivity index (χ0) is 17.5. The van der Waals surface area contributed by atoms with Crippen LogP contribution >= 0.6 is 11.6 Å². The summed E-state index contributed by atoms with van der Waals surface area (Å²) in [5.74, 6) is -0.578. The summed E-state index contributed by atoms with van der Waals surface area (Å²) in [4.78, 5) is 27.7. The summed E-state index contributed by atoms with van der Waals surface area (Å²) in [6.45, 7) is 3.53. The van der Waals surface area contributed by atoms with E-state index in [4.69, 9.17) is 11.6 Å². The predicted octanol–water partition coefficient (Wildman–Crippen LogP) is 3.18. The maximum atomic E-state index is 12.0. The molecule has 1 aromatic carbocycles. The van der Waals surface area contributed by atoms with Crippen LogP contribution in [0.4, 0.5) is 5.69 Å². The number of anilines is 1. The average molecular weight is 345 g/mol. The quantitative estimate of drug-likeness (QED) is 0.645. The maximum absolute atomic E-state index is 12.0. The van der Waals surface area contributed by atoms with E-state index in [1.165, 1.54) is 12.4 Å². The van der Waals surface area contributed by atoms with Gasteiger partial charge < -0.3 is 5.32 Å². The summed E-state index contributed by atoms with van der Waals surface area (Å²) in [5.41, 5.74) is 4.91. The van der Waals surface area contributed by atoms with E-state index in [-0.39, 0.29) is 18.2 Å². The van der Waals surface area contributed by atoms with Crippen LogP contribution in [0.15, 0.2) is 47.8 Å². The van der Waals surface area contributed by atoms with Crippen LogP contribution in [-0.4, -0.2) is 22.5 Å². The zero-order valence-corrected chi connectivity index (χ0v) is 14.1. The van der Waals surface area contributed by atoms with E-state index in [2.05, 4.69) is 20.8 Å². The number of amides is 2. The minimum absolute atomic E-state index is 0.0681. The molecule has 6 nitrogen and oxygen atoms in total. The van der Waals surface area contributed by atoms with E-state index in [0.29, 0.717) is 22.0 Å². The smallest absolute Gasteiger partial charge is 0.271 e. The molecule has 124 valence electrons. The topological polar surface area (TPSA) is 83.5 Å². The first-order chi connectivity index (χ1) is 11.5. The molecule has 0 aliphatic carbocycles. The molecule has 2 rings (SSSR count). The van der Waals surface area contributed by atoms with Crippen LogP contribution in [0.3, 0.4) is 0 Å². The van der Waals surface area contributed by atoms with Crippen molar-refractivity contribution < 1.29 is 9.59 Å². The Hall–Kier alpha value is -2.73. The van der Waals surface area contributed by atoms with E-state index < -0.39 is 0 Å². The first-order valence-corrected chi connectivity index (χ1v) is 7.63. The third kappa shape index (κ3) is 5.17. The first-order valence-electron chi connectivity index (χ1n) is 7.25. The molecular weight excluding hydrogens is 328 g/mol. The van der Waals surface area contributed by atoms with E-state index in [1.807, 2.05) is 6.92 Å². The molecule has 24 heavy (non-hydrogen) atoms. The lowest BCUT2D eigenvalue weighted by atomic mass is 10.2. The van der Waals surface area contributed by atoms with Crippen molar-refractivity contribution in [2.75, 3.05) is 5.32 Å². The number of aromatic nitrogens is 1. The Labute approximate surface area is 144 Å². The van der Waals surface area contributed by atoms with Gasteiger partial charge in [-0.25, -0.2) is 5.43 Å². The average Bonchev–Trinajstić information content (AvgIpc) is 2.56. The Bertz CT molecular complexity index is 775. The van der Waals surface area contributed by atoms with Crippen molar-refractivity contribution in [1.29, 1.82) is 0 Å². The molecule has 0 fully saturated rings. The minimum atomic E-state index is -0.356. The highest BCUT2D eigenvalue weighted by Gasteiger charge is 2.08. The molecule has 0 saturated heterocycles. The molecule has 7 heteroatoms. The number of carbonyl (C=O) groups is 2.